The topological polar surface area (TPSA) is 34.1 Å². The summed E-state index contributed by atoms with van der Waals surface area (Å²) >= 11 is 1.62. The Morgan fingerprint density at radius 1 is 1.69 bits per heavy atom. The summed E-state index contributed by atoms with van der Waals surface area (Å²) in [5.41, 5.74) is 0.359. The fourth-order valence-electron chi connectivity index (χ4n) is 1.60. The molecular weight excluding hydrogens is 184 g/mol. The first-order chi connectivity index (χ1) is 6.13. The monoisotopic (exact) mass is 198 g/mol. The van der Waals surface area contributed by atoms with Crippen molar-refractivity contribution < 1.29 is 4.74 Å². The van der Waals surface area contributed by atoms with Crippen molar-refractivity contribution in [3.63, 3.8) is 0 Å². The van der Waals surface area contributed by atoms with Crippen LogP contribution in [0.3, 0.4) is 0 Å². The Kier molecular flexibility index (Phi) is 2.04. The fraction of sp³-hybridized carbons (Fsp3) is 0.667. The summed E-state index contributed by atoms with van der Waals surface area (Å²) in [6.07, 6.45) is 1.90. The smallest absolute Gasteiger partial charge is 0.273 e. The maximum atomic E-state index is 5.06. The van der Waals surface area contributed by atoms with Crippen LogP contribution in [0.15, 0.2) is 6.20 Å². The molecule has 2 rings (SSSR count). The van der Waals surface area contributed by atoms with Gasteiger partial charge in [-0.15, -0.1) is 0 Å². The van der Waals surface area contributed by atoms with Crippen LogP contribution in [0.5, 0.6) is 5.19 Å². The zero-order chi connectivity index (χ0) is 9.47. The minimum Gasteiger partial charge on any atom is -0.473 e. The van der Waals surface area contributed by atoms with Crippen LogP contribution in [-0.2, 0) is 0 Å². The van der Waals surface area contributed by atoms with E-state index in [4.69, 9.17) is 4.74 Å². The number of nitrogens with zero attached hydrogens (tertiary/aromatic N) is 1. The number of hydrogen-bond acceptors (Lipinski definition) is 4. The van der Waals surface area contributed by atoms with Gasteiger partial charge in [-0.25, -0.2) is 4.98 Å². The van der Waals surface area contributed by atoms with E-state index < -0.39 is 0 Å². The van der Waals surface area contributed by atoms with Gasteiger partial charge in [-0.2, -0.15) is 0 Å². The number of ether oxygens (including phenoxy) is 1. The van der Waals surface area contributed by atoms with Crippen molar-refractivity contribution in [1.29, 1.82) is 0 Å². The molecule has 1 unspecified atom stereocenters. The Morgan fingerprint density at radius 2 is 2.46 bits per heavy atom. The molecule has 1 aromatic heterocycles. The minimum atomic E-state index is 0.359. The predicted octanol–water partition coefficient (Wildman–Crippen LogP) is 1.82. The lowest BCUT2D eigenvalue weighted by molar-refractivity contribution is 0.131. The van der Waals surface area contributed by atoms with E-state index in [1.165, 1.54) is 4.88 Å². The lowest BCUT2D eigenvalue weighted by Crippen LogP contribution is -2.52. The first-order valence-electron chi connectivity index (χ1n) is 4.36. The molecule has 1 aromatic rings. The Hall–Kier alpha value is -0.610. The number of aromatic nitrogens is 1. The molecule has 3 nitrogen and oxygen atoms in total. The van der Waals surface area contributed by atoms with Crippen molar-refractivity contribution in [2.24, 2.45) is 5.41 Å². The largest absolute Gasteiger partial charge is 0.473 e. The zero-order valence-corrected chi connectivity index (χ0v) is 8.94. The van der Waals surface area contributed by atoms with Crippen LogP contribution < -0.4 is 10.1 Å². The highest BCUT2D eigenvalue weighted by molar-refractivity contribution is 7.13. The van der Waals surface area contributed by atoms with E-state index in [0.717, 1.165) is 11.7 Å². The molecule has 1 N–H and O–H groups in total. The highest BCUT2D eigenvalue weighted by Crippen LogP contribution is 2.43. The van der Waals surface area contributed by atoms with Crippen LogP contribution in [0.4, 0.5) is 0 Å². The molecule has 0 aromatic carbocycles. The minimum absolute atomic E-state index is 0.359. The molecule has 1 fully saturated rings. The van der Waals surface area contributed by atoms with Gasteiger partial charge in [-0.05, 0) is 5.41 Å². The SMILES string of the molecule is COc1ncc(C2NCC2(C)C)s1. The summed E-state index contributed by atoms with van der Waals surface area (Å²) in [6, 6.07) is 0.453. The molecule has 72 valence electrons. The average Bonchev–Trinajstić information content (AvgIpc) is 2.51. The summed E-state index contributed by atoms with van der Waals surface area (Å²) in [5.74, 6) is 0. The molecule has 13 heavy (non-hydrogen) atoms. The van der Waals surface area contributed by atoms with Crippen LogP contribution in [-0.4, -0.2) is 18.6 Å². The van der Waals surface area contributed by atoms with Crippen molar-refractivity contribution >= 4 is 11.3 Å². The van der Waals surface area contributed by atoms with Crippen molar-refractivity contribution in [2.75, 3.05) is 13.7 Å². The maximum Gasteiger partial charge on any atom is 0.273 e. The molecule has 1 aliphatic heterocycles. The molecule has 0 radical (unpaired) electrons. The molecule has 2 heterocycles. The summed E-state index contributed by atoms with van der Waals surface area (Å²) < 4.78 is 5.06. The van der Waals surface area contributed by atoms with Gasteiger partial charge in [-0.1, -0.05) is 25.2 Å². The summed E-state index contributed by atoms with van der Waals surface area (Å²) in [7, 11) is 1.65. The van der Waals surface area contributed by atoms with E-state index in [2.05, 4.69) is 24.1 Å². The van der Waals surface area contributed by atoms with Gasteiger partial charge < -0.3 is 10.1 Å². The Bertz CT molecular complexity index is 308. The van der Waals surface area contributed by atoms with Gasteiger partial charge in [0.05, 0.1) is 7.11 Å². The van der Waals surface area contributed by atoms with Crippen molar-refractivity contribution in [3.8, 4) is 5.19 Å². The third-order valence-electron chi connectivity index (χ3n) is 2.50. The average molecular weight is 198 g/mol. The standard InChI is InChI=1S/C9H14N2OS/c1-9(2)5-11-7(9)6-4-10-8(12-3)13-6/h4,7,11H,5H2,1-3H3. The fourth-order valence-corrected chi connectivity index (χ4v) is 2.61. The Balaban J connectivity index is 2.17. The van der Waals surface area contributed by atoms with Gasteiger partial charge >= 0.3 is 0 Å². The maximum absolute atomic E-state index is 5.06. The molecule has 1 aliphatic rings. The van der Waals surface area contributed by atoms with E-state index in [-0.39, 0.29) is 0 Å². The van der Waals surface area contributed by atoms with E-state index >= 15 is 0 Å². The van der Waals surface area contributed by atoms with E-state index in [0.29, 0.717) is 11.5 Å². The molecule has 0 amide bonds. The van der Waals surface area contributed by atoms with Gasteiger partial charge in [0.25, 0.3) is 5.19 Å². The lowest BCUT2D eigenvalue weighted by atomic mass is 9.77. The zero-order valence-electron chi connectivity index (χ0n) is 8.13. The van der Waals surface area contributed by atoms with Gasteiger partial charge in [0.2, 0.25) is 0 Å². The quantitative estimate of drug-likeness (QED) is 0.787. The van der Waals surface area contributed by atoms with Gasteiger partial charge in [-0.3, -0.25) is 0 Å². The van der Waals surface area contributed by atoms with Gasteiger partial charge in [0, 0.05) is 23.7 Å². The number of rotatable bonds is 2. The third-order valence-corrected chi connectivity index (χ3v) is 3.53. The second-order valence-corrected chi connectivity index (χ2v) is 5.06. The second kappa shape index (κ2) is 2.96. The molecule has 1 atom stereocenters. The molecule has 0 bridgehead atoms. The Labute approximate surface area is 82.1 Å². The number of hydrogen-bond donors (Lipinski definition) is 1. The molecule has 4 heteroatoms. The van der Waals surface area contributed by atoms with Crippen molar-refractivity contribution in [1.82, 2.24) is 10.3 Å². The van der Waals surface area contributed by atoms with E-state index in [9.17, 15) is 0 Å². The van der Waals surface area contributed by atoms with Crippen molar-refractivity contribution in [3.05, 3.63) is 11.1 Å². The Morgan fingerprint density at radius 3 is 2.85 bits per heavy atom. The van der Waals surface area contributed by atoms with Crippen LogP contribution in [0.25, 0.3) is 0 Å². The van der Waals surface area contributed by atoms with Gasteiger partial charge in [0.15, 0.2) is 0 Å². The van der Waals surface area contributed by atoms with Crippen molar-refractivity contribution in [2.45, 2.75) is 19.9 Å². The molecule has 0 saturated carbocycles. The summed E-state index contributed by atoms with van der Waals surface area (Å²) in [5, 5.41) is 4.15. The number of thiazole rings is 1. The molecule has 1 saturated heterocycles. The van der Waals surface area contributed by atoms with Crippen LogP contribution in [0.1, 0.15) is 24.8 Å². The first-order valence-corrected chi connectivity index (χ1v) is 5.18. The molecule has 0 aliphatic carbocycles. The summed E-state index contributed by atoms with van der Waals surface area (Å²) in [4.78, 5) is 5.43. The summed E-state index contributed by atoms with van der Waals surface area (Å²) in [6.45, 7) is 5.61. The number of nitrogens with one attached hydrogen (secondary N) is 1. The first kappa shape index (κ1) is 8.97. The van der Waals surface area contributed by atoms with Crippen LogP contribution in [0, 0.1) is 5.41 Å². The molecular formula is C9H14N2OS. The predicted molar refractivity (Wildman–Crippen MR) is 53.2 cm³/mol. The van der Waals surface area contributed by atoms with E-state index in [1.807, 2.05) is 6.20 Å². The van der Waals surface area contributed by atoms with Crippen LogP contribution in [0.2, 0.25) is 0 Å². The van der Waals surface area contributed by atoms with Gasteiger partial charge in [0.1, 0.15) is 0 Å². The normalized spacial score (nSPS) is 25.3. The highest BCUT2D eigenvalue weighted by atomic mass is 32.1. The third kappa shape index (κ3) is 1.44. The molecule has 0 spiro atoms. The van der Waals surface area contributed by atoms with E-state index in [1.54, 1.807) is 18.4 Å². The second-order valence-electron chi connectivity index (χ2n) is 4.04. The highest BCUT2D eigenvalue weighted by Gasteiger charge is 2.40. The number of methoxy groups -OCH3 is 1. The lowest BCUT2D eigenvalue weighted by Gasteiger charge is -2.44. The van der Waals surface area contributed by atoms with Crippen LogP contribution >= 0.6 is 11.3 Å².